The summed E-state index contributed by atoms with van der Waals surface area (Å²) in [5.41, 5.74) is 0.513. The van der Waals surface area contributed by atoms with Gasteiger partial charge in [-0.25, -0.2) is 19.2 Å². The van der Waals surface area contributed by atoms with E-state index >= 15 is 0 Å². The Morgan fingerprint density at radius 3 is 2.04 bits per heavy atom. The number of allylic oxidation sites excluding steroid dienone is 1. The van der Waals surface area contributed by atoms with Gasteiger partial charge in [0.2, 0.25) is 0 Å². The standard InChI is InChI=1S/C40H61BN2O12/c1-8-31-22-40(6,27-49-24-34(23-48-7)54-38(46)42-18-20-51-36(44)29(2)3)16-14-32(31)15-17-41-28-50-25-35(26-53-33-12-10-9-11-13-33)55-39(47)43-19-21-52-37(45)30(4)5/h8-13,31-32,34-35,41H,1-2,4,14-28H2,3,5-7H3,(H,42,46)(H,43,47). The van der Waals surface area contributed by atoms with Crippen LogP contribution in [0.2, 0.25) is 6.32 Å². The first-order chi connectivity index (χ1) is 26.4. The van der Waals surface area contributed by atoms with Crippen molar-refractivity contribution in [1.29, 1.82) is 0 Å². The van der Waals surface area contributed by atoms with Gasteiger partial charge < -0.3 is 48.5 Å². The van der Waals surface area contributed by atoms with Crippen molar-refractivity contribution >= 4 is 31.4 Å². The zero-order valence-corrected chi connectivity index (χ0v) is 33.1. The molecule has 1 aromatic rings. The zero-order valence-electron chi connectivity index (χ0n) is 33.1. The quantitative estimate of drug-likeness (QED) is 0.0308. The summed E-state index contributed by atoms with van der Waals surface area (Å²) in [5.74, 6) is 0.452. The zero-order chi connectivity index (χ0) is 40.5. The smallest absolute Gasteiger partial charge is 0.407 e. The highest BCUT2D eigenvalue weighted by molar-refractivity contribution is 6.35. The topological polar surface area (TPSA) is 166 Å². The largest absolute Gasteiger partial charge is 0.490 e. The molecule has 2 N–H and O–H groups in total. The fraction of sp³-hybridized carbons (Fsp3) is 0.600. The molecule has 0 saturated heterocycles. The summed E-state index contributed by atoms with van der Waals surface area (Å²) >= 11 is 0. The Kier molecular flexibility index (Phi) is 22.5. The van der Waals surface area contributed by atoms with Gasteiger partial charge in [0, 0.05) is 24.8 Å². The van der Waals surface area contributed by atoms with Crippen LogP contribution in [0, 0.1) is 17.3 Å². The molecule has 0 aromatic heterocycles. The van der Waals surface area contributed by atoms with E-state index in [0.29, 0.717) is 30.7 Å². The molecule has 1 saturated carbocycles. The second-order valence-corrected chi connectivity index (χ2v) is 14.1. The van der Waals surface area contributed by atoms with Gasteiger partial charge in [0.15, 0.2) is 19.5 Å². The second-order valence-electron chi connectivity index (χ2n) is 14.1. The van der Waals surface area contributed by atoms with Crippen LogP contribution in [-0.2, 0) is 42.7 Å². The molecule has 0 heterocycles. The first-order valence-electron chi connectivity index (χ1n) is 18.8. The highest BCUT2D eigenvalue weighted by atomic mass is 16.6. The summed E-state index contributed by atoms with van der Waals surface area (Å²) in [4.78, 5) is 47.7. The average Bonchev–Trinajstić information content (AvgIpc) is 3.15. The SMILES string of the molecule is C=CC1CC(C)(COCC(COC)OC(=O)NCCOC(=O)C(=C)C)CCC1CCBCOCC(COc1ccccc1)OC(=O)NCCOC(=O)C(=C)C. The summed E-state index contributed by atoms with van der Waals surface area (Å²) in [7, 11) is 2.38. The number of benzene rings is 1. The maximum Gasteiger partial charge on any atom is 0.407 e. The molecule has 1 aliphatic rings. The second kappa shape index (κ2) is 26.5. The Balaban J connectivity index is 1.72. The third-order valence-electron chi connectivity index (χ3n) is 8.91. The number of hydrogen-bond acceptors (Lipinski definition) is 12. The Bertz CT molecular complexity index is 1360. The monoisotopic (exact) mass is 772 g/mol. The molecule has 306 valence electrons. The summed E-state index contributed by atoms with van der Waals surface area (Å²) in [6, 6.07) is 9.24. The Hall–Kier alpha value is -4.34. The van der Waals surface area contributed by atoms with E-state index in [-0.39, 0.29) is 69.3 Å². The van der Waals surface area contributed by atoms with E-state index in [0.717, 1.165) is 39.3 Å². The van der Waals surface area contributed by atoms with E-state index in [1.165, 1.54) is 7.11 Å². The van der Waals surface area contributed by atoms with Crippen LogP contribution in [0.4, 0.5) is 9.59 Å². The highest BCUT2D eigenvalue weighted by Gasteiger charge is 2.36. The van der Waals surface area contributed by atoms with Crippen LogP contribution >= 0.6 is 0 Å². The van der Waals surface area contributed by atoms with Crippen molar-refractivity contribution in [3.05, 3.63) is 67.3 Å². The molecule has 14 nitrogen and oxygen atoms in total. The van der Waals surface area contributed by atoms with Crippen LogP contribution in [0.5, 0.6) is 5.75 Å². The summed E-state index contributed by atoms with van der Waals surface area (Å²) in [6.45, 7) is 18.3. The number of ether oxygens (including phenoxy) is 8. The maximum atomic E-state index is 12.4. The van der Waals surface area contributed by atoms with Crippen molar-refractivity contribution in [2.24, 2.45) is 17.3 Å². The molecule has 0 spiro atoms. The van der Waals surface area contributed by atoms with E-state index < -0.39 is 36.3 Å². The number of para-hydroxylation sites is 1. The minimum atomic E-state index is -0.662. The van der Waals surface area contributed by atoms with Crippen LogP contribution in [0.25, 0.3) is 0 Å². The highest BCUT2D eigenvalue weighted by Crippen LogP contribution is 2.44. The van der Waals surface area contributed by atoms with E-state index in [9.17, 15) is 19.2 Å². The number of hydrogen-bond donors (Lipinski definition) is 2. The average molecular weight is 773 g/mol. The van der Waals surface area contributed by atoms with Crippen LogP contribution < -0.4 is 15.4 Å². The number of carbonyl (C=O) groups excluding carboxylic acids is 4. The van der Waals surface area contributed by atoms with Crippen LogP contribution in [0.1, 0.15) is 46.5 Å². The van der Waals surface area contributed by atoms with Gasteiger partial charge in [-0.15, -0.1) is 6.58 Å². The van der Waals surface area contributed by atoms with Gasteiger partial charge >= 0.3 is 24.1 Å². The molecular formula is C40H61BN2O12. The van der Waals surface area contributed by atoms with Crippen molar-refractivity contribution in [1.82, 2.24) is 10.6 Å². The summed E-state index contributed by atoms with van der Waals surface area (Å²) in [6.07, 6.45) is 4.49. The Morgan fingerprint density at radius 2 is 1.47 bits per heavy atom. The van der Waals surface area contributed by atoms with Crippen LogP contribution in [0.15, 0.2) is 67.3 Å². The Morgan fingerprint density at radius 1 is 0.891 bits per heavy atom. The number of methoxy groups -OCH3 is 1. The van der Waals surface area contributed by atoms with Gasteiger partial charge in [-0.3, -0.25) is 0 Å². The lowest BCUT2D eigenvalue weighted by Crippen LogP contribution is -2.38. The lowest BCUT2D eigenvalue weighted by molar-refractivity contribution is -0.139. The van der Waals surface area contributed by atoms with Crippen LogP contribution in [0.3, 0.4) is 0 Å². The third kappa shape index (κ3) is 20.2. The number of amides is 2. The molecular weight excluding hydrogens is 711 g/mol. The van der Waals surface area contributed by atoms with Crippen molar-refractivity contribution in [2.45, 2.75) is 65.0 Å². The first kappa shape index (κ1) is 46.8. The third-order valence-corrected chi connectivity index (χ3v) is 8.91. The number of nitrogens with one attached hydrogen (secondary N) is 2. The van der Waals surface area contributed by atoms with E-state index in [2.05, 4.69) is 43.4 Å². The van der Waals surface area contributed by atoms with E-state index in [1.807, 2.05) is 30.3 Å². The fourth-order valence-electron chi connectivity index (χ4n) is 5.96. The van der Waals surface area contributed by atoms with Gasteiger partial charge in [0.05, 0.1) is 39.5 Å². The fourth-order valence-corrected chi connectivity index (χ4v) is 5.96. The van der Waals surface area contributed by atoms with Crippen molar-refractivity contribution in [2.75, 3.05) is 73.0 Å². The summed E-state index contributed by atoms with van der Waals surface area (Å²) in [5, 5.41) is 5.13. The lowest BCUT2D eigenvalue weighted by atomic mass is 9.63. The normalized spacial score (nSPS) is 18.8. The molecule has 1 aromatic carbocycles. The van der Waals surface area contributed by atoms with Gasteiger partial charge in [-0.1, -0.05) is 57.1 Å². The molecule has 0 radical (unpaired) electrons. The maximum absolute atomic E-state index is 12.4. The van der Waals surface area contributed by atoms with Crippen molar-refractivity contribution < 1.29 is 57.1 Å². The molecule has 5 unspecified atom stereocenters. The van der Waals surface area contributed by atoms with Gasteiger partial charge in [0.25, 0.3) is 0 Å². The Labute approximate surface area is 326 Å². The predicted molar refractivity (Wildman–Crippen MR) is 209 cm³/mol. The van der Waals surface area contributed by atoms with Gasteiger partial charge in [0.1, 0.15) is 25.6 Å². The number of esters is 2. The molecule has 15 heteroatoms. The first-order valence-corrected chi connectivity index (χ1v) is 18.8. The van der Waals surface area contributed by atoms with Gasteiger partial charge in [-0.05, 0) is 62.5 Å². The lowest BCUT2D eigenvalue weighted by Gasteiger charge is -2.42. The molecule has 55 heavy (non-hydrogen) atoms. The number of alkyl carbamates (subject to hydrolysis) is 2. The number of carbonyl (C=O) groups is 4. The minimum Gasteiger partial charge on any atom is -0.490 e. The van der Waals surface area contributed by atoms with Crippen LogP contribution in [-0.4, -0.2) is 117 Å². The molecule has 5 atom stereocenters. The van der Waals surface area contributed by atoms with Crippen molar-refractivity contribution in [3.63, 3.8) is 0 Å². The molecule has 1 aliphatic carbocycles. The molecule has 1 fully saturated rings. The molecule has 2 amide bonds. The molecule has 2 rings (SSSR count). The minimum absolute atomic E-state index is 0.00367. The predicted octanol–water partition coefficient (Wildman–Crippen LogP) is 4.98. The van der Waals surface area contributed by atoms with Gasteiger partial charge in [-0.2, -0.15) is 0 Å². The van der Waals surface area contributed by atoms with E-state index in [4.69, 9.17) is 37.9 Å². The number of rotatable bonds is 27. The molecule has 0 aliphatic heterocycles. The van der Waals surface area contributed by atoms with E-state index in [1.54, 1.807) is 13.8 Å². The molecule has 0 bridgehead atoms. The summed E-state index contributed by atoms with van der Waals surface area (Å²) < 4.78 is 44.0. The van der Waals surface area contributed by atoms with Crippen molar-refractivity contribution in [3.8, 4) is 5.75 Å².